The van der Waals surface area contributed by atoms with Crippen molar-refractivity contribution in [2.75, 3.05) is 0 Å². The molecule has 1 aromatic heterocycles. The average molecular weight is 448 g/mol. The van der Waals surface area contributed by atoms with Crippen LogP contribution in [0.25, 0.3) is 0 Å². The van der Waals surface area contributed by atoms with Gasteiger partial charge in [-0.25, -0.2) is 0 Å². The molecule has 0 fully saturated rings. The van der Waals surface area contributed by atoms with Gasteiger partial charge in [0.15, 0.2) is 0 Å². The van der Waals surface area contributed by atoms with Crippen LogP contribution in [0.5, 0.6) is 0 Å². The first-order valence-corrected chi connectivity index (χ1v) is 5.50. The lowest BCUT2D eigenvalue weighted by atomic mass is 10.1. The Morgan fingerprint density at radius 2 is 1.88 bits per heavy atom. The number of pyridine rings is 1. The first-order chi connectivity index (χ1) is 6.81. The van der Waals surface area contributed by atoms with E-state index in [-0.39, 0.29) is 48.0 Å². The number of fused-ring (bicyclic) bond motifs is 1. The zero-order chi connectivity index (χ0) is 10.6. The summed E-state index contributed by atoms with van der Waals surface area (Å²) in [6.07, 6.45) is 1.09. The molecule has 1 aliphatic heterocycles. The van der Waals surface area contributed by atoms with Gasteiger partial charge in [0.1, 0.15) is 0 Å². The van der Waals surface area contributed by atoms with Crippen LogP contribution in [0.3, 0.4) is 0 Å². The van der Waals surface area contributed by atoms with E-state index in [0.29, 0.717) is 0 Å². The number of nitrogens with one attached hydrogen (secondary N) is 1. The summed E-state index contributed by atoms with van der Waals surface area (Å²) < 4.78 is 0. The minimum absolute atomic E-state index is 0. The molecule has 2 heterocycles. The Bertz CT molecular complexity index is 313. The van der Waals surface area contributed by atoms with E-state index in [1.165, 1.54) is 22.5 Å². The second-order valence-electron chi connectivity index (χ2n) is 3.30. The third-order valence-corrected chi connectivity index (χ3v) is 2.48. The van der Waals surface area contributed by atoms with Gasteiger partial charge < -0.3 is 5.32 Å². The molecule has 16 heavy (non-hydrogen) atoms. The molecule has 0 bridgehead atoms. The lowest BCUT2D eigenvalue weighted by Crippen LogP contribution is -2.00. The fraction of sp³-hybridized carbons (Fsp3) is 0.583. The van der Waals surface area contributed by atoms with Crippen LogP contribution in [0.1, 0.15) is 43.3 Å². The van der Waals surface area contributed by atoms with E-state index in [0.717, 1.165) is 19.5 Å². The molecule has 0 saturated heterocycles. The molecule has 0 saturated carbocycles. The first-order valence-electron chi connectivity index (χ1n) is 5.50. The Balaban J connectivity index is 0. The number of rotatable bonds is 1. The van der Waals surface area contributed by atoms with Crippen LogP contribution in [0, 0.1) is 6.92 Å². The third-order valence-electron chi connectivity index (χ3n) is 2.48. The van der Waals surface area contributed by atoms with Gasteiger partial charge in [-0.15, -0.1) is 48.0 Å². The van der Waals surface area contributed by atoms with Crippen LogP contribution < -0.4 is 5.32 Å². The van der Waals surface area contributed by atoms with Crippen molar-refractivity contribution >= 4 is 48.0 Å². The summed E-state index contributed by atoms with van der Waals surface area (Å²) in [6.45, 7) is 10.2. The fourth-order valence-electron chi connectivity index (χ4n) is 1.72. The maximum Gasteiger partial charge on any atom is 0.0590 e. The SMILES string of the molecule is CC.CCc1cc2c(nc1C)CNC2.I.I. The van der Waals surface area contributed by atoms with Crippen molar-refractivity contribution in [3.63, 3.8) is 0 Å². The molecule has 1 aliphatic rings. The monoisotopic (exact) mass is 448 g/mol. The highest BCUT2D eigenvalue weighted by Crippen LogP contribution is 2.17. The van der Waals surface area contributed by atoms with Crippen LogP contribution in [0.4, 0.5) is 0 Å². The quantitative estimate of drug-likeness (QED) is 0.662. The number of hydrogen-bond acceptors (Lipinski definition) is 2. The van der Waals surface area contributed by atoms with Gasteiger partial charge in [-0.2, -0.15) is 0 Å². The molecular weight excluding hydrogens is 426 g/mol. The van der Waals surface area contributed by atoms with Crippen LogP contribution in [0.15, 0.2) is 6.07 Å². The summed E-state index contributed by atoms with van der Waals surface area (Å²) in [5.74, 6) is 0. The Labute approximate surface area is 133 Å². The second kappa shape index (κ2) is 9.58. The standard InChI is InChI=1S/C10H14N2.C2H6.2HI/c1-3-8-4-9-5-11-6-10(9)12-7(8)2;1-2;;/h4,11H,3,5-6H2,1-2H3;1-2H3;2*1H. The summed E-state index contributed by atoms with van der Waals surface area (Å²) in [7, 11) is 0. The van der Waals surface area contributed by atoms with Crippen molar-refractivity contribution in [1.82, 2.24) is 10.3 Å². The molecule has 0 spiro atoms. The van der Waals surface area contributed by atoms with Gasteiger partial charge in [0.2, 0.25) is 0 Å². The minimum Gasteiger partial charge on any atom is -0.307 e. The maximum atomic E-state index is 4.56. The average Bonchev–Trinajstić information content (AvgIpc) is 2.66. The Hall–Kier alpha value is 0.570. The predicted molar refractivity (Wildman–Crippen MR) is 91.1 cm³/mol. The molecule has 1 N–H and O–H groups in total. The predicted octanol–water partition coefficient (Wildman–Crippen LogP) is 3.82. The molecule has 0 aromatic carbocycles. The van der Waals surface area contributed by atoms with Gasteiger partial charge in [0.25, 0.3) is 0 Å². The number of aromatic nitrogens is 1. The lowest BCUT2D eigenvalue weighted by Gasteiger charge is -2.04. The van der Waals surface area contributed by atoms with Gasteiger partial charge in [-0.3, -0.25) is 4.98 Å². The Morgan fingerprint density at radius 3 is 2.44 bits per heavy atom. The van der Waals surface area contributed by atoms with E-state index >= 15 is 0 Å². The molecule has 0 unspecified atom stereocenters. The minimum atomic E-state index is 0. The molecule has 1 aromatic rings. The molecule has 2 nitrogen and oxygen atoms in total. The van der Waals surface area contributed by atoms with Gasteiger partial charge in [0, 0.05) is 18.8 Å². The molecule has 0 radical (unpaired) electrons. The maximum absolute atomic E-state index is 4.56. The smallest absolute Gasteiger partial charge is 0.0590 e. The van der Waals surface area contributed by atoms with E-state index in [1.807, 2.05) is 13.8 Å². The highest BCUT2D eigenvalue weighted by molar-refractivity contribution is 14.0. The summed E-state index contributed by atoms with van der Waals surface area (Å²) in [5, 5.41) is 3.30. The summed E-state index contributed by atoms with van der Waals surface area (Å²) in [4.78, 5) is 4.56. The van der Waals surface area contributed by atoms with Gasteiger partial charge >= 0.3 is 0 Å². The zero-order valence-electron chi connectivity index (χ0n) is 10.5. The van der Waals surface area contributed by atoms with E-state index in [4.69, 9.17) is 0 Å². The van der Waals surface area contributed by atoms with Crippen molar-refractivity contribution in [3.05, 3.63) is 28.6 Å². The van der Waals surface area contributed by atoms with E-state index < -0.39 is 0 Å². The fourth-order valence-corrected chi connectivity index (χ4v) is 1.72. The molecule has 0 amide bonds. The normalized spacial score (nSPS) is 11.5. The topological polar surface area (TPSA) is 24.9 Å². The molecule has 0 atom stereocenters. The zero-order valence-corrected chi connectivity index (χ0v) is 15.1. The molecule has 4 heteroatoms. The van der Waals surface area contributed by atoms with Crippen molar-refractivity contribution in [3.8, 4) is 0 Å². The van der Waals surface area contributed by atoms with Crippen molar-refractivity contribution in [1.29, 1.82) is 0 Å². The molecule has 0 aliphatic carbocycles. The third kappa shape index (κ3) is 4.44. The van der Waals surface area contributed by atoms with Gasteiger partial charge in [-0.05, 0) is 24.5 Å². The molecule has 2 rings (SSSR count). The highest BCUT2D eigenvalue weighted by atomic mass is 127. The van der Waals surface area contributed by atoms with Crippen molar-refractivity contribution < 1.29 is 0 Å². The van der Waals surface area contributed by atoms with E-state index in [2.05, 4.69) is 30.2 Å². The highest BCUT2D eigenvalue weighted by Gasteiger charge is 2.12. The summed E-state index contributed by atoms with van der Waals surface area (Å²) >= 11 is 0. The molecular formula is C12H22I2N2. The van der Waals surface area contributed by atoms with Crippen LogP contribution in [0.2, 0.25) is 0 Å². The Morgan fingerprint density at radius 1 is 1.25 bits per heavy atom. The second-order valence-corrected chi connectivity index (χ2v) is 3.30. The van der Waals surface area contributed by atoms with Crippen LogP contribution in [-0.2, 0) is 19.5 Å². The summed E-state index contributed by atoms with van der Waals surface area (Å²) in [5.41, 5.74) is 5.21. The Kier molecular flexibility index (Phi) is 11.3. The number of hydrogen-bond donors (Lipinski definition) is 1. The lowest BCUT2D eigenvalue weighted by molar-refractivity contribution is 0.757. The van der Waals surface area contributed by atoms with E-state index in [9.17, 15) is 0 Å². The van der Waals surface area contributed by atoms with Crippen LogP contribution >= 0.6 is 48.0 Å². The van der Waals surface area contributed by atoms with Crippen molar-refractivity contribution in [2.45, 2.75) is 47.2 Å². The number of nitrogens with zero attached hydrogens (tertiary/aromatic N) is 1. The van der Waals surface area contributed by atoms with Crippen LogP contribution in [-0.4, -0.2) is 4.98 Å². The number of halogens is 2. The van der Waals surface area contributed by atoms with Crippen molar-refractivity contribution in [2.24, 2.45) is 0 Å². The number of aryl methyl sites for hydroxylation is 2. The van der Waals surface area contributed by atoms with Gasteiger partial charge in [-0.1, -0.05) is 26.8 Å². The largest absolute Gasteiger partial charge is 0.307 e. The van der Waals surface area contributed by atoms with Gasteiger partial charge in [0.05, 0.1) is 5.69 Å². The van der Waals surface area contributed by atoms with E-state index in [1.54, 1.807) is 0 Å². The molecule has 94 valence electrons. The summed E-state index contributed by atoms with van der Waals surface area (Å²) in [6, 6.07) is 2.29. The first kappa shape index (κ1) is 18.9.